The van der Waals surface area contributed by atoms with Gasteiger partial charge in [0.05, 0.1) is 19.5 Å². The van der Waals surface area contributed by atoms with Crippen molar-refractivity contribution >= 4 is 32.8 Å². The largest absolute Gasteiger partial charge is 0.481 e. The van der Waals surface area contributed by atoms with Gasteiger partial charge in [0.15, 0.2) is 17.4 Å². The molecule has 4 heterocycles. The van der Waals surface area contributed by atoms with E-state index in [0.717, 1.165) is 0 Å². The van der Waals surface area contributed by atoms with E-state index in [2.05, 4.69) is 23.8 Å². The van der Waals surface area contributed by atoms with Crippen LogP contribution in [0.2, 0.25) is 0 Å². The molecule has 0 amide bonds. The molecule has 18 heteroatoms. The number of aliphatic hydroxyl groups is 1. The Kier molecular flexibility index (Phi) is 4.71. The first-order valence-electron chi connectivity index (χ1n) is 7.85. The van der Waals surface area contributed by atoms with Crippen LogP contribution in [-0.4, -0.2) is 70.3 Å². The number of H-pyrrole nitrogens is 1. The Balaban J connectivity index is 1.60. The zero-order valence-electron chi connectivity index (χ0n) is 14.2. The lowest BCUT2D eigenvalue weighted by Gasteiger charge is -2.31. The van der Waals surface area contributed by atoms with Gasteiger partial charge in [-0.25, -0.2) is 14.1 Å². The Labute approximate surface area is 160 Å². The summed E-state index contributed by atoms with van der Waals surface area (Å²) in [6.07, 6.45) is -2.18. The summed E-state index contributed by atoms with van der Waals surface area (Å²) < 4.78 is 43.3. The van der Waals surface area contributed by atoms with E-state index in [1.807, 2.05) is 0 Å². The topological polar surface area (TPSA) is 242 Å². The van der Waals surface area contributed by atoms with Gasteiger partial charge in [-0.1, -0.05) is 0 Å². The van der Waals surface area contributed by atoms with Crippen molar-refractivity contribution in [2.75, 3.05) is 18.9 Å². The first-order valence-corrected chi connectivity index (χ1v) is 10.9. The molecule has 2 aromatic heterocycles. The maximum Gasteiger partial charge on any atom is 0.481 e. The van der Waals surface area contributed by atoms with Gasteiger partial charge in [0.1, 0.15) is 17.8 Å². The van der Waals surface area contributed by atoms with Crippen LogP contribution in [0.15, 0.2) is 11.1 Å². The van der Waals surface area contributed by atoms with Crippen molar-refractivity contribution in [2.24, 2.45) is 0 Å². The third-order valence-electron chi connectivity index (χ3n) is 4.41. The number of hydrogen-bond donors (Lipinski definition) is 6. The van der Waals surface area contributed by atoms with Crippen LogP contribution in [0, 0.1) is 0 Å². The highest BCUT2D eigenvalue weighted by molar-refractivity contribution is 7.60. The normalized spacial score (nSPS) is 31.4. The summed E-state index contributed by atoms with van der Waals surface area (Å²) in [6, 6.07) is 0. The van der Waals surface area contributed by atoms with Crippen molar-refractivity contribution in [3.8, 4) is 0 Å². The zero-order valence-corrected chi connectivity index (χ0v) is 16.0. The van der Waals surface area contributed by atoms with Crippen molar-refractivity contribution in [3.63, 3.8) is 0 Å². The lowest BCUT2D eigenvalue weighted by Crippen LogP contribution is -2.44. The molecule has 2 aliphatic rings. The number of nitrogen functional groups attached to an aromatic ring is 1. The number of aliphatic hydroxyl groups excluding tert-OH is 1. The Hall–Kier alpha value is -1.71. The molecular formula is C11H15N5O11P2. The average Bonchev–Trinajstić information content (AvgIpc) is 3.21. The van der Waals surface area contributed by atoms with E-state index in [1.165, 1.54) is 10.9 Å². The van der Waals surface area contributed by atoms with Crippen LogP contribution >= 0.6 is 15.6 Å². The number of hydrogen-bond acceptors (Lipinski definition) is 11. The van der Waals surface area contributed by atoms with Crippen molar-refractivity contribution in [3.05, 3.63) is 16.7 Å². The van der Waals surface area contributed by atoms with Crippen LogP contribution in [0.5, 0.6) is 0 Å². The van der Waals surface area contributed by atoms with Crippen molar-refractivity contribution in [1.82, 2.24) is 19.5 Å². The molecule has 2 unspecified atom stereocenters. The van der Waals surface area contributed by atoms with Gasteiger partial charge < -0.3 is 35.0 Å². The van der Waals surface area contributed by atoms with Gasteiger partial charge in [0.25, 0.3) is 5.56 Å². The zero-order chi connectivity index (χ0) is 21.2. The molecule has 2 aromatic rings. The maximum atomic E-state index is 11.9. The summed E-state index contributed by atoms with van der Waals surface area (Å²) in [5.41, 5.74) is 3.30. The Morgan fingerprint density at radius 2 is 2.14 bits per heavy atom. The minimum absolute atomic E-state index is 0.0414. The molecule has 7 N–H and O–H groups in total. The van der Waals surface area contributed by atoms with Gasteiger partial charge in [-0.2, -0.15) is 9.29 Å². The molecule has 4 rings (SSSR count). The molecule has 0 radical (unpaired) electrons. The smallest absolute Gasteiger partial charge is 0.387 e. The Bertz CT molecular complexity index is 1110. The number of nitrogens with one attached hydrogen (secondary N) is 1. The second-order valence-corrected chi connectivity index (χ2v) is 9.21. The van der Waals surface area contributed by atoms with Crippen LogP contribution in [0.25, 0.3) is 11.2 Å². The second kappa shape index (κ2) is 6.65. The molecular weight excluding hydrogens is 440 g/mol. The fraction of sp³-hybridized carbons (Fsp3) is 0.545. The molecule has 0 saturated carbocycles. The van der Waals surface area contributed by atoms with Gasteiger partial charge >= 0.3 is 15.6 Å². The number of rotatable bonds is 6. The minimum atomic E-state index is -5.31. The number of fused-ring (bicyclic) bond motifs is 3. The van der Waals surface area contributed by atoms with Crippen LogP contribution in [0.1, 0.15) is 6.23 Å². The van der Waals surface area contributed by atoms with Crippen LogP contribution in [-0.2, 0) is 27.4 Å². The predicted octanol–water partition coefficient (Wildman–Crippen LogP) is -2.04. The summed E-state index contributed by atoms with van der Waals surface area (Å²) in [4.78, 5) is 48.8. The molecule has 0 spiro atoms. The van der Waals surface area contributed by atoms with Gasteiger partial charge in [0.2, 0.25) is 5.95 Å². The Morgan fingerprint density at radius 3 is 2.83 bits per heavy atom. The number of aromatic amines is 1. The minimum Gasteiger partial charge on any atom is -0.387 e. The molecule has 5 atom stereocenters. The standard InChI is InChI=1S/C11H15N5O11P2/c12-10-14-7-4(8(18)15-10)13-3-16(7)9-5-6(17)11(26-9,1-24-5)2-25-29(22,23)27-28(19,20)21/h3,5-6,9,17H,1-2H2,(H,22,23)(H2,19,20,21)(H3,12,14,15,18)/t5-,6?,9+,11+/m0/s1. The summed E-state index contributed by atoms with van der Waals surface area (Å²) in [5.74, 6) is -0.178. The van der Waals surface area contributed by atoms with E-state index in [-0.39, 0.29) is 23.7 Å². The van der Waals surface area contributed by atoms with E-state index < -0.39 is 51.8 Å². The lowest BCUT2D eigenvalue weighted by atomic mass is 10.0. The quantitative estimate of drug-likeness (QED) is 0.257. The predicted molar refractivity (Wildman–Crippen MR) is 90.1 cm³/mol. The molecule has 0 aromatic carbocycles. The van der Waals surface area contributed by atoms with E-state index in [4.69, 9.17) is 25.0 Å². The lowest BCUT2D eigenvalue weighted by molar-refractivity contribution is -0.183. The van der Waals surface area contributed by atoms with Crippen molar-refractivity contribution in [1.29, 1.82) is 0 Å². The fourth-order valence-corrected chi connectivity index (χ4v) is 4.86. The molecule has 2 bridgehead atoms. The number of nitrogens with zero attached hydrogens (tertiary/aromatic N) is 3. The van der Waals surface area contributed by atoms with E-state index >= 15 is 0 Å². The summed E-state index contributed by atoms with van der Waals surface area (Å²) in [6.45, 7) is -1.05. The summed E-state index contributed by atoms with van der Waals surface area (Å²) in [5, 5.41) is 10.5. The molecule has 16 nitrogen and oxygen atoms in total. The van der Waals surface area contributed by atoms with Gasteiger partial charge in [-0.05, 0) is 0 Å². The number of phosphoric ester groups is 1. The highest BCUT2D eigenvalue weighted by Gasteiger charge is 2.62. The first-order chi connectivity index (χ1) is 13.4. The third kappa shape index (κ3) is 3.64. The highest BCUT2D eigenvalue weighted by Crippen LogP contribution is 2.58. The summed E-state index contributed by atoms with van der Waals surface area (Å²) in [7, 11) is -10.5. The number of imidazole rings is 1. The molecule has 0 aliphatic carbocycles. The summed E-state index contributed by atoms with van der Waals surface area (Å²) >= 11 is 0. The molecule has 2 saturated heterocycles. The average molecular weight is 455 g/mol. The third-order valence-corrected chi connectivity index (χ3v) is 6.54. The highest BCUT2D eigenvalue weighted by atomic mass is 31.3. The van der Waals surface area contributed by atoms with Crippen LogP contribution < -0.4 is 11.3 Å². The molecule has 29 heavy (non-hydrogen) atoms. The van der Waals surface area contributed by atoms with E-state index in [0.29, 0.717) is 0 Å². The van der Waals surface area contributed by atoms with Crippen LogP contribution in [0.3, 0.4) is 0 Å². The molecule has 2 fully saturated rings. The number of anilines is 1. The Morgan fingerprint density at radius 1 is 1.41 bits per heavy atom. The number of ether oxygens (including phenoxy) is 2. The van der Waals surface area contributed by atoms with E-state index in [9.17, 15) is 23.9 Å². The number of aromatic nitrogens is 4. The fourth-order valence-electron chi connectivity index (χ4n) is 3.22. The SMILES string of the molecule is Nc1nc2c(ncn2[C@@H]2O[C@@]3(COP(=O)(O)OP(=O)(O)O)CO[C@H]2C3O)c(=O)[nH]1. The number of phosphoric acid groups is 2. The van der Waals surface area contributed by atoms with Crippen molar-refractivity contribution in [2.45, 2.75) is 24.0 Å². The maximum absolute atomic E-state index is 11.9. The monoisotopic (exact) mass is 455 g/mol. The molecule has 2 aliphatic heterocycles. The molecule has 160 valence electrons. The van der Waals surface area contributed by atoms with Crippen LogP contribution in [0.4, 0.5) is 5.95 Å². The van der Waals surface area contributed by atoms with Gasteiger partial charge in [-0.3, -0.25) is 18.9 Å². The first kappa shape index (κ1) is 20.6. The number of nitrogens with two attached hydrogens (primary N) is 1. The van der Waals surface area contributed by atoms with Gasteiger partial charge in [-0.15, -0.1) is 0 Å². The van der Waals surface area contributed by atoms with Crippen molar-refractivity contribution < 1.29 is 47.2 Å². The van der Waals surface area contributed by atoms with E-state index in [1.54, 1.807) is 0 Å². The second-order valence-electron chi connectivity index (χ2n) is 6.38. The van der Waals surface area contributed by atoms with Gasteiger partial charge in [0, 0.05) is 0 Å².